The molecular weight excluding hydrogens is 417 g/mol. The first-order chi connectivity index (χ1) is 12.1. The zero-order valence-corrected chi connectivity index (χ0v) is 14.6. The Kier molecular flexibility index (Phi) is 4.53. The Morgan fingerprint density at radius 3 is 2.23 bits per heavy atom. The molecule has 0 saturated carbocycles. The number of benzene rings is 2. The van der Waals surface area contributed by atoms with Crippen LogP contribution in [-0.2, 0) is 0 Å². The van der Waals surface area contributed by atoms with Gasteiger partial charge in [0.25, 0.3) is 11.6 Å². The number of rotatable bonds is 2. The van der Waals surface area contributed by atoms with E-state index in [0.717, 1.165) is 28.7 Å². The average molecular weight is 429 g/mol. The van der Waals surface area contributed by atoms with Gasteiger partial charge >= 0.3 is 6.18 Å². The lowest BCUT2D eigenvalue weighted by Crippen LogP contribution is -2.56. The molecule has 26 heavy (non-hydrogen) atoms. The van der Waals surface area contributed by atoms with E-state index in [-0.39, 0.29) is 22.0 Å². The van der Waals surface area contributed by atoms with Crippen LogP contribution in [-0.4, -0.2) is 38.7 Å². The van der Waals surface area contributed by atoms with Crippen LogP contribution in [0.25, 0.3) is 0 Å². The number of carbonyl (C=O) groups excluding carboxylic acids is 1. The summed E-state index contributed by atoms with van der Waals surface area (Å²) >= 11 is 3.23. The molecule has 1 heterocycles. The van der Waals surface area contributed by atoms with Gasteiger partial charge < -0.3 is 10.2 Å². The van der Waals surface area contributed by atoms with Gasteiger partial charge in [-0.25, -0.2) is 0 Å². The first-order valence-electron chi connectivity index (χ1n) is 7.38. The summed E-state index contributed by atoms with van der Waals surface area (Å²) in [6.45, 7) is 0. The zero-order chi connectivity index (χ0) is 19.1. The largest absolute Gasteiger partial charge is 0.508 e. The van der Waals surface area contributed by atoms with Crippen molar-refractivity contribution in [3.8, 4) is 5.75 Å². The molecule has 136 valence electrons. The molecule has 2 aromatic rings. The van der Waals surface area contributed by atoms with Crippen LogP contribution < -0.4 is 0 Å². The first kappa shape index (κ1) is 18.4. The molecule has 0 fully saturated rings. The Morgan fingerprint density at radius 2 is 1.69 bits per heavy atom. The predicted octanol–water partition coefficient (Wildman–Crippen LogP) is 3.66. The number of phenols is 1. The fraction of sp³-hybridized carbons (Fsp3) is 0.176. The summed E-state index contributed by atoms with van der Waals surface area (Å²) in [5.41, 5.74) is -3.31. The maximum absolute atomic E-state index is 13.5. The molecular formula is C17H12BrF3N2O3. The SMILES string of the molecule is O=C(c1ccc(O)cc1)N1N=C(c2ccc(Br)cc2)CC1(O)C(F)(F)F. The van der Waals surface area contributed by atoms with Crippen LogP contribution in [0.4, 0.5) is 13.2 Å². The molecule has 3 rings (SSSR count). The van der Waals surface area contributed by atoms with Crippen molar-refractivity contribution in [3.05, 3.63) is 64.1 Å². The summed E-state index contributed by atoms with van der Waals surface area (Å²) in [4.78, 5) is 12.5. The van der Waals surface area contributed by atoms with Crippen LogP contribution >= 0.6 is 15.9 Å². The molecule has 9 heteroatoms. The number of hydrogen-bond donors (Lipinski definition) is 2. The van der Waals surface area contributed by atoms with E-state index in [1.807, 2.05) is 0 Å². The highest BCUT2D eigenvalue weighted by atomic mass is 79.9. The fourth-order valence-corrected chi connectivity index (χ4v) is 2.77. The molecule has 2 N–H and O–H groups in total. The third kappa shape index (κ3) is 3.19. The molecule has 0 aromatic heterocycles. The van der Waals surface area contributed by atoms with Crippen LogP contribution in [0, 0.1) is 0 Å². The number of aromatic hydroxyl groups is 1. The molecule has 0 aliphatic carbocycles. The monoisotopic (exact) mass is 428 g/mol. The standard InChI is InChI=1S/C17H12BrF3N2O3/c18-12-5-1-10(2-6-12)14-9-16(26,17(19,20)21)23(22-14)15(25)11-3-7-13(24)8-4-11/h1-8,24,26H,9H2. The van der Waals surface area contributed by atoms with Crippen molar-refractivity contribution in [1.29, 1.82) is 0 Å². The third-order valence-corrected chi connectivity index (χ3v) is 4.45. The van der Waals surface area contributed by atoms with Crippen molar-refractivity contribution >= 4 is 27.5 Å². The zero-order valence-electron chi connectivity index (χ0n) is 13.0. The number of phenolic OH excluding ortho intramolecular Hbond substituents is 1. The Bertz CT molecular complexity index is 866. The second kappa shape index (κ2) is 6.40. The van der Waals surface area contributed by atoms with Crippen LogP contribution in [0.5, 0.6) is 5.75 Å². The second-order valence-electron chi connectivity index (χ2n) is 5.71. The molecule has 1 aliphatic rings. The van der Waals surface area contributed by atoms with Crippen molar-refractivity contribution in [2.45, 2.75) is 18.3 Å². The molecule has 0 bridgehead atoms. The third-order valence-electron chi connectivity index (χ3n) is 3.92. The Labute approximate surface area is 154 Å². The number of carbonyl (C=O) groups is 1. The van der Waals surface area contributed by atoms with E-state index in [2.05, 4.69) is 21.0 Å². The summed E-state index contributed by atoms with van der Waals surface area (Å²) in [5.74, 6) is -1.27. The molecule has 1 atom stereocenters. The maximum Gasteiger partial charge on any atom is 0.438 e. The smallest absolute Gasteiger partial charge is 0.438 e. The highest BCUT2D eigenvalue weighted by molar-refractivity contribution is 9.10. The van der Waals surface area contributed by atoms with Gasteiger partial charge in [0.1, 0.15) is 5.75 Å². The van der Waals surface area contributed by atoms with Gasteiger partial charge in [-0.1, -0.05) is 28.1 Å². The van der Waals surface area contributed by atoms with Gasteiger partial charge in [-0.15, -0.1) is 0 Å². The van der Waals surface area contributed by atoms with Crippen LogP contribution in [0.2, 0.25) is 0 Å². The van der Waals surface area contributed by atoms with E-state index in [9.17, 15) is 28.2 Å². The van der Waals surface area contributed by atoms with Crippen molar-refractivity contribution in [1.82, 2.24) is 5.01 Å². The fourth-order valence-electron chi connectivity index (χ4n) is 2.51. The lowest BCUT2D eigenvalue weighted by Gasteiger charge is -2.32. The maximum atomic E-state index is 13.5. The molecule has 0 spiro atoms. The van der Waals surface area contributed by atoms with E-state index in [0.29, 0.717) is 5.56 Å². The predicted molar refractivity (Wildman–Crippen MR) is 90.6 cm³/mol. The Balaban J connectivity index is 2.03. The van der Waals surface area contributed by atoms with Gasteiger partial charge in [0, 0.05) is 10.0 Å². The number of alkyl halides is 3. The molecule has 5 nitrogen and oxygen atoms in total. The van der Waals surface area contributed by atoms with E-state index < -0.39 is 24.2 Å². The molecule has 1 unspecified atom stereocenters. The number of amides is 1. The highest BCUT2D eigenvalue weighted by Crippen LogP contribution is 2.42. The average Bonchev–Trinajstić information content (AvgIpc) is 2.94. The van der Waals surface area contributed by atoms with Crippen LogP contribution in [0.1, 0.15) is 22.3 Å². The molecule has 1 aliphatic heterocycles. The quantitative estimate of drug-likeness (QED) is 0.766. The van der Waals surface area contributed by atoms with Gasteiger partial charge in [-0.2, -0.15) is 23.3 Å². The summed E-state index contributed by atoms with van der Waals surface area (Å²) in [7, 11) is 0. The van der Waals surface area contributed by atoms with Gasteiger partial charge in [0.2, 0.25) is 0 Å². The Hall–Kier alpha value is -2.39. The van der Waals surface area contributed by atoms with Crippen LogP contribution in [0.15, 0.2) is 58.1 Å². The Morgan fingerprint density at radius 1 is 1.12 bits per heavy atom. The van der Waals surface area contributed by atoms with E-state index in [1.54, 1.807) is 12.1 Å². The molecule has 0 radical (unpaired) electrons. The number of aliphatic hydroxyl groups is 1. The van der Waals surface area contributed by atoms with Gasteiger partial charge in [0.15, 0.2) is 0 Å². The van der Waals surface area contributed by atoms with E-state index in [1.165, 1.54) is 12.1 Å². The molecule has 1 amide bonds. The summed E-state index contributed by atoms with van der Waals surface area (Å²) in [6.07, 6.45) is -6.00. The summed E-state index contributed by atoms with van der Waals surface area (Å²) in [5, 5.41) is 23.3. The normalized spacial score (nSPS) is 20.2. The van der Waals surface area contributed by atoms with E-state index in [4.69, 9.17) is 0 Å². The number of nitrogens with zero attached hydrogens (tertiary/aromatic N) is 2. The number of hydrazone groups is 1. The summed E-state index contributed by atoms with van der Waals surface area (Å²) in [6, 6.07) is 10.9. The van der Waals surface area contributed by atoms with Crippen molar-refractivity contribution in [3.63, 3.8) is 0 Å². The minimum atomic E-state index is -5.11. The molecule has 2 aromatic carbocycles. The van der Waals surface area contributed by atoms with Crippen molar-refractivity contribution < 1.29 is 28.2 Å². The van der Waals surface area contributed by atoms with Gasteiger partial charge in [-0.05, 0) is 42.0 Å². The topological polar surface area (TPSA) is 73.1 Å². The lowest BCUT2D eigenvalue weighted by molar-refractivity contribution is -0.297. The highest BCUT2D eigenvalue weighted by Gasteiger charge is 2.63. The summed E-state index contributed by atoms with van der Waals surface area (Å²) < 4.78 is 41.3. The molecule has 0 saturated heterocycles. The number of halogens is 4. The van der Waals surface area contributed by atoms with Gasteiger partial charge in [-0.3, -0.25) is 4.79 Å². The second-order valence-corrected chi connectivity index (χ2v) is 6.62. The van der Waals surface area contributed by atoms with E-state index >= 15 is 0 Å². The van der Waals surface area contributed by atoms with Crippen molar-refractivity contribution in [2.75, 3.05) is 0 Å². The lowest BCUT2D eigenvalue weighted by atomic mass is 10.0. The van der Waals surface area contributed by atoms with Crippen molar-refractivity contribution in [2.24, 2.45) is 5.10 Å². The number of hydrogen-bond acceptors (Lipinski definition) is 4. The van der Waals surface area contributed by atoms with Crippen LogP contribution in [0.3, 0.4) is 0 Å². The minimum Gasteiger partial charge on any atom is -0.508 e. The first-order valence-corrected chi connectivity index (χ1v) is 8.17. The van der Waals surface area contributed by atoms with Gasteiger partial charge in [0.05, 0.1) is 12.1 Å². The minimum absolute atomic E-state index is 0.0523.